The molecule has 0 amide bonds. The molecule has 2 N–H and O–H groups in total. The Labute approximate surface area is 122 Å². The van der Waals surface area contributed by atoms with E-state index in [2.05, 4.69) is 0 Å². The van der Waals surface area contributed by atoms with E-state index in [9.17, 15) is 4.79 Å². The minimum atomic E-state index is -0.385. The first-order valence-corrected chi connectivity index (χ1v) is 7.13. The number of nitrogens with two attached hydrogens (primary N) is 1. The molecular formula is C15H17NO3S. The molecule has 0 bridgehead atoms. The molecule has 0 radical (unpaired) electrons. The van der Waals surface area contributed by atoms with Crippen LogP contribution in [0.15, 0.2) is 29.6 Å². The molecule has 0 aliphatic carbocycles. The molecule has 20 heavy (non-hydrogen) atoms. The van der Waals surface area contributed by atoms with Crippen molar-refractivity contribution in [3.63, 3.8) is 0 Å². The van der Waals surface area contributed by atoms with E-state index in [1.807, 2.05) is 43.5 Å². The van der Waals surface area contributed by atoms with Crippen LogP contribution in [0.2, 0.25) is 0 Å². The fourth-order valence-electron chi connectivity index (χ4n) is 1.84. The summed E-state index contributed by atoms with van der Waals surface area (Å²) in [5.74, 6) is 0.382. The minimum Gasteiger partial charge on any atom is -0.497 e. The smallest absolute Gasteiger partial charge is 0.342 e. The number of rotatable bonds is 4. The molecule has 0 saturated carbocycles. The van der Waals surface area contributed by atoms with E-state index < -0.39 is 0 Å². The quantitative estimate of drug-likeness (QED) is 0.875. The van der Waals surface area contributed by atoms with Crippen LogP contribution in [-0.2, 0) is 4.74 Å². The van der Waals surface area contributed by atoms with Gasteiger partial charge in [0, 0.05) is 10.9 Å². The van der Waals surface area contributed by atoms with Crippen LogP contribution in [0.1, 0.15) is 24.2 Å². The van der Waals surface area contributed by atoms with Crippen LogP contribution >= 0.6 is 11.3 Å². The van der Waals surface area contributed by atoms with Crippen LogP contribution < -0.4 is 10.5 Å². The Kier molecular flexibility index (Phi) is 4.29. The number of ether oxygens (including phenoxy) is 2. The number of methoxy groups -OCH3 is 1. The summed E-state index contributed by atoms with van der Waals surface area (Å²) in [7, 11) is 1.61. The summed E-state index contributed by atoms with van der Waals surface area (Å²) >= 11 is 1.34. The Morgan fingerprint density at radius 2 is 1.90 bits per heavy atom. The van der Waals surface area contributed by atoms with E-state index >= 15 is 0 Å². The molecular weight excluding hydrogens is 274 g/mol. The van der Waals surface area contributed by atoms with Crippen molar-refractivity contribution in [2.75, 3.05) is 12.8 Å². The second kappa shape index (κ2) is 5.96. The van der Waals surface area contributed by atoms with Crippen molar-refractivity contribution in [2.45, 2.75) is 20.0 Å². The van der Waals surface area contributed by atoms with E-state index in [4.69, 9.17) is 15.2 Å². The van der Waals surface area contributed by atoms with Gasteiger partial charge >= 0.3 is 5.97 Å². The van der Waals surface area contributed by atoms with Gasteiger partial charge in [-0.25, -0.2) is 4.79 Å². The molecule has 106 valence electrons. The van der Waals surface area contributed by atoms with Gasteiger partial charge in [-0.2, -0.15) is 0 Å². The Bertz CT molecular complexity index is 602. The molecule has 2 aromatic rings. The van der Waals surface area contributed by atoms with Crippen LogP contribution in [-0.4, -0.2) is 19.2 Å². The lowest BCUT2D eigenvalue weighted by atomic mass is 10.0. The number of hydrogen-bond acceptors (Lipinski definition) is 5. The minimum absolute atomic E-state index is 0.175. The maximum Gasteiger partial charge on any atom is 0.342 e. The summed E-state index contributed by atoms with van der Waals surface area (Å²) in [5.41, 5.74) is 8.05. The van der Waals surface area contributed by atoms with Crippen molar-refractivity contribution >= 4 is 22.3 Å². The second-order valence-corrected chi connectivity index (χ2v) is 5.48. The van der Waals surface area contributed by atoms with Crippen molar-refractivity contribution in [2.24, 2.45) is 0 Å². The third-order valence-corrected chi connectivity index (χ3v) is 3.58. The molecule has 1 aromatic heterocycles. The molecule has 0 aliphatic rings. The molecule has 0 spiro atoms. The Morgan fingerprint density at radius 1 is 1.25 bits per heavy atom. The second-order valence-electron chi connectivity index (χ2n) is 4.57. The molecule has 1 aromatic carbocycles. The lowest BCUT2D eigenvalue weighted by Crippen LogP contribution is -2.13. The normalized spacial score (nSPS) is 10.6. The van der Waals surface area contributed by atoms with E-state index in [0.29, 0.717) is 10.6 Å². The highest BCUT2D eigenvalue weighted by atomic mass is 32.1. The van der Waals surface area contributed by atoms with Gasteiger partial charge in [0.25, 0.3) is 0 Å². The Hall–Kier alpha value is -2.01. The number of carbonyl (C=O) groups excluding carboxylic acids is 1. The first-order chi connectivity index (χ1) is 9.52. The summed E-state index contributed by atoms with van der Waals surface area (Å²) < 4.78 is 10.4. The summed E-state index contributed by atoms with van der Waals surface area (Å²) in [6.45, 7) is 3.63. The van der Waals surface area contributed by atoms with Gasteiger partial charge in [-0.15, -0.1) is 11.3 Å². The lowest BCUT2D eigenvalue weighted by molar-refractivity contribution is 0.0380. The van der Waals surface area contributed by atoms with Gasteiger partial charge in [0.2, 0.25) is 0 Å². The molecule has 4 nitrogen and oxygen atoms in total. The number of nitrogen functional groups attached to an aromatic ring is 1. The zero-order valence-electron chi connectivity index (χ0n) is 11.7. The Morgan fingerprint density at radius 3 is 2.45 bits per heavy atom. The third-order valence-electron chi connectivity index (χ3n) is 2.77. The van der Waals surface area contributed by atoms with Crippen LogP contribution in [0.3, 0.4) is 0 Å². The first-order valence-electron chi connectivity index (χ1n) is 6.25. The van der Waals surface area contributed by atoms with Crippen LogP contribution in [0.4, 0.5) is 5.00 Å². The summed E-state index contributed by atoms with van der Waals surface area (Å²) in [6, 6.07) is 7.49. The number of thiophene rings is 1. The van der Waals surface area contributed by atoms with Crippen molar-refractivity contribution in [3.05, 3.63) is 35.2 Å². The first kappa shape index (κ1) is 14.4. The van der Waals surface area contributed by atoms with Crippen LogP contribution in [0.5, 0.6) is 5.75 Å². The SMILES string of the molecule is COc1ccc(-c2csc(N)c2C(=O)OC(C)C)cc1. The van der Waals surface area contributed by atoms with Crippen molar-refractivity contribution in [1.82, 2.24) is 0 Å². The molecule has 2 rings (SSSR count). The fraction of sp³-hybridized carbons (Fsp3) is 0.267. The zero-order valence-corrected chi connectivity index (χ0v) is 12.5. The van der Waals surface area contributed by atoms with Crippen molar-refractivity contribution in [1.29, 1.82) is 0 Å². The number of hydrogen-bond donors (Lipinski definition) is 1. The largest absolute Gasteiger partial charge is 0.497 e. The molecule has 5 heteroatoms. The monoisotopic (exact) mass is 291 g/mol. The van der Waals surface area contributed by atoms with Crippen molar-refractivity contribution in [3.8, 4) is 16.9 Å². The predicted molar refractivity (Wildman–Crippen MR) is 81.3 cm³/mol. The van der Waals surface area contributed by atoms with E-state index in [1.165, 1.54) is 11.3 Å². The maximum atomic E-state index is 12.1. The zero-order chi connectivity index (χ0) is 14.7. The van der Waals surface area contributed by atoms with Gasteiger partial charge in [0.15, 0.2) is 0 Å². The highest BCUT2D eigenvalue weighted by Gasteiger charge is 2.20. The predicted octanol–water partition coefficient (Wildman–Crippen LogP) is 3.57. The maximum absolute atomic E-state index is 12.1. The highest BCUT2D eigenvalue weighted by Crippen LogP contribution is 2.35. The number of anilines is 1. The summed E-state index contributed by atoms with van der Waals surface area (Å²) in [6.07, 6.45) is -0.175. The third kappa shape index (κ3) is 2.93. The average Bonchev–Trinajstić information content (AvgIpc) is 2.80. The fourth-order valence-corrected chi connectivity index (χ4v) is 2.65. The average molecular weight is 291 g/mol. The van der Waals surface area contributed by atoms with E-state index in [1.54, 1.807) is 7.11 Å². The summed E-state index contributed by atoms with van der Waals surface area (Å²) in [4.78, 5) is 12.1. The number of esters is 1. The molecule has 0 atom stereocenters. The molecule has 0 saturated heterocycles. The van der Waals surface area contributed by atoms with Gasteiger partial charge in [0.1, 0.15) is 16.3 Å². The van der Waals surface area contributed by atoms with E-state index in [-0.39, 0.29) is 12.1 Å². The van der Waals surface area contributed by atoms with Gasteiger partial charge in [-0.3, -0.25) is 0 Å². The van der Waals surface area contributed by atoms with Crippen molar-refractivity contribution < 1.29 is 14.3 Å². The number of benzene rings is 1. The van der Waals surface area contributed by atoms with Crippen LogP contribution in [0, 0.1) is 0 Å². The van der Waals surface area contributed by atoms with Gasteiger partial charge < -0.3 is 15.2 Å². The molecule has 1 heterocycles. The lowest BCUT2D eigenvalue weighted by Gasteiger charge is -2.10. The molecule has 0 unspecified atom stereocenters. The summed E-state index contributed by atoms with van der Waals surface area (Å²) in [5, 5.41) is 2.34. The van der Waals surface area contributed by atoms with Gasteiger partial charge in [-0.05, 0) is 31.5 Å². The Balaban J connectivity index is 2.39. The highest BCUT2D eigenvalue weighted by molar-refractivity contribution is 7.14. The molecule has 0 fully saturated rings. The topological polar surface area (TPSA) is 61.5 Å². The number of carbonyl (C=O) groups is 1. The molecule has 0 aliphatic heterocycles. The van der Waals surface area contributed by atoms with Gasteiger partial charge in [0.05, 0.1) is 13.2 Å². The van der Waals surface area contributed by atoms with Gasteiger partial charge in [-0.1, -0.05) is 12.1 Å². The van der Waals surface area contributed by atoms with E-state index in [0.717, 1.165) is 16.9 Å². The standard InChI is InChI=1S/C15H17NO3S/c1-9(2)19-15(17)13-12(8-20-14(13)16)10-4-6-11(18-3)7-5-10/h4-9H,16H2,1-3H3. The van der Waals surface area contributed by atoms with Crippen LogP contribution in [0.25, 0.3) is 11.1 Å².